The molecule has 304 valence electrons. The standard InChI is InChI=1S/C58H50N2O2/c1-35-30-46-50(59(38-18-8-6-9-19-38)48-26-16-24-42-40-22-12-14-28-52(40)61-56(42)48)34-51(47-31-36(2)45-33-37(58(3,4)5)32-44(35)54(45)55(46)47)60(39-20-10-7-11-21-39)49-27-17-25-43-41-23-13-15-29-53(41)62-57(43)49/h6-29,31-34,40,44,46,52,54-55H,1,30H2,2-5H3. The molecule has 0 amide bonds. The number of hydrogen-bond donors (Lipinski definition) is 0. The van der Waals surface area contributed by atoms with Crippen LogP contribution in [0.15, 0.2) is 220 Å². The maximum Gasteiger partial charge on any atom is 0.159 e. The summed E-state index contributed by atoms with van der Waals surface area (Å²) in [6.07, 6.45) is 19.7. The quantitative estimate of drug-likeness (QED) is 0.157. The first-order valence-corrected chi connectivity index (χ1v) is 22.2. The molecule has 0 N–H and O–H groups in total. The number of furan rings is 1. The minimum Gasteiger partial charge on any atom is -0.483 e. The summed E-state index contributed by atoms with van der Waals surface area (Å²) in [4.78, 5) is 5.00. The van der Waals surface area contributed by atoms with Crippen LogP contribution in [-0.2, 0) is 0 Å². The summed E-state index contributed by atoms with van der Waals surface area (Å²) in [7, 11) is 0. The maximum absolute atomic E-state index is 6.99. The van der Waals surface area contributed by atoms with E-state index in [2.05, 4.69) is 207 Å². The molecule has 4 heteroatoms. The first-order valence-electron chi connectivity index (χ1n) is 22.2. The van der Waals surface area contributed by atoms with Gasteiger partial charge in [-0.05, 0) is 95.7 Å². The van der Waals surface area contributed by atoms with Gasteiger partial charge < -0.3 is 19.0 Å². The monoisotopic (exact) mass is 806 g/mol. The predicted molar refractivity (Wildman–Crippen MR) is 255 cm³/mol. The largest absolute Gasteiger partial charge is 0.483 e. The van der Waals surface area contributed by atoms with Crippen molar-refractivity contribution in [1.29, 1.82) is 0 Å². The highest BCUT2D eigenvalue weighted by Gasteiger charge is 2.52. The Balaban J connectivity index is 1.16. The highest BCUT2D eigenvalue weighted by Crippen LogP contribution is 2.62. The lowest BCUT2D eigenvalue weighted by molar-refractivity contribution is 0.231. The summed E-state index contributed by atoms with van der Waals surface area (Å²) >= 11 is 0. The van der Waals surface area contributed by atoms with Crippen molar-refractivity contribution in [1.82, 2.24) is 0 Å². The van der Waals surface area contributed by atoms with Crippen LogP contribution < -0.4 is 14.5 Å². The molecular weight excluding hydrogens is 757 g/mol. The van der Waals surface area contributed by atoms with Crippen molar-refractivity contribution in [2.45, 2.75) is 46.1 Å². The number of anilines is 4. The SMILES string of the molecule is C=C1CC2C(N(c3ccccc3)c3cccc4c3OC3C=CC=CC43)=CC(N(c3ccccc3)c3cccc4c3oc3ccccc34)=C3C=C(C)C4=CC(C(C)(C)C)=CC1C4C32. The third kappa shape index (κ3) is 5.58. The topological polar surface area (TPSA) is 28.9 Å². The average Bonchev–Trinajstić information content (AvgIpc) is 3.87. The molecule has 4 nitrogen and oxygen atoms in total. The molecule has 0 bridgehead atoms. The predicted octanol–water partition coefficient (Wildman–Crippen LogP) is 15.0. The Morgan fingerprint density at radius 1 is 0.661 bits per heavy atom. The minimum atomic E-state index is -0.0329. The first kappa shape index (κ1) is 37.0. The highest BCUT2D eigenvalue weighted by atomic mass is 16.5. The van der Waals surface area contributed by atoms with E-state index in [1.807, 2.05) is 0 Å². The smallest absolute Gasteiger partial charge is 0.159 e. The second-order valence-corrected chi connectivity index (χ2v) is 18.9. The van der Waals surface area contributed by atoms with Crippen molar-refractivity contribution in [3.8, 4) is 5.75 Å². The van der Waals surface area contributed by atoms with Gasteiger partial charge in [0.15, 0.2) is 5.58 Å². The molecular formula is C58H50N2O2. The molecule has 2 heterocycles. The van der Waals surface area contributed by atoms with Crippen LogP contribution in [0.25, 0.3) is 21.9 Å². The second-order valence-electron chi connectivity index (χ2n) is 18.9. The van der Waals surface area contributed by atoms with Crippen LogP contribution >= 0.6 is 0 Å². The summed E-state index contributed by atoms with van der Waals surface area (Å²) in [6.45, 7) is 14.3. The van der Waals surface area contributed by atoms with Crippen molar-refractivity contribution >= 4 is 44.7 Å². The Labute approximate surface area is 364 Å². The Kier molecular flexibility index (Phi) is 8.28. The molecule has 6 atom stereocenters. The summed E-state index contributed by atoms with van der Waals surface area (Å²) in [5, 5.41) is 2.23. The van der Waals surface area contributed by atoms with E-state index in [1.54, 1.807) is 0 Å². The van der Waals surface area contributed by atoms with Gasteiger partial charge in [0.05, 0.1) is 17.1 Å². The first-order chi connectivity index (χ1) is 30.2. The molecule has 0 radical (unpaired) electrons. The molecule has 0 spiro atoms. The molecule has 0 saturated heterocycles. The third-order valence-electron chi connectivity index (χ3n) is 14.3. The summed E-state index contributed by atoms with van der Waals surface area (Å²) in [6, 6.07) is 43.5. The highest BCUT2D eigenvalue weighted by molar-refractivity contribution is 6.10. The van der Waals surface area contributed by atoms with E-state index in [0.29, 0.717) is 0 Å². The van der Waals surface area contributed by atoms with Gasteiger partial charge >= 0.3 is 0 Å². The fraction of sp³-hybridized carbons (Fsp3) is 0.207. The van der Waals surface area contributed by atoms with Gasteiger partial charge in [0.2, 0.25) is 0 Å². The van der Waals surface area contributed by atoms with E-state index in [4.69, 9.17) is 15.7 Å². The number of hydrogen-bond acceptors (Lipinski definition) is 4. The summed E-state index contributed by atoms with van der Waals surface area (Å²) in [5.74, 6) is 1.90. The lowest BCUT2D eigenvalue weighted by Crippen LogP contribution is -2.46. The second kappa shape index (κ2) is 13.9. The van der Waals surface area contributed by atoms with E-state index in [9.17, 15) is 0 Å². The van der Waals surface area contributed by atoms with Crippen LogP contribution in [0.4, 0.5) is 22.7 Å². The van der Waals surface area contributed by atoms with E-state index in [0.717, 1.165) is 62.6 Å². The molecule has 6 unspecified atom stereocenters. The number of para-hydroxylation sites is 5. The van der Waals surface area contributed by atoms with Gasteiger partial charge in [0, 0.05) is 63.0 Å². The van der Waals surface area contributed by atoms with Crippen LogP contribution in [-0.4, -0.2) is 6.10 Å². The minimum absolute atomic E-state index is 0.0169. The van der Waals surface area contributed by atoms with Crippen molar-refractivity contribution in [3.05, 3.63) is 221 Å². The number of allylic oxidation sites excluding steroid dienone is 12. The van der Waals surface area contributed by atoms with Gasteiger partial charge in [-0.1, -0.05) is 148 Å². The van der Waals surface area contributed by atoms with Crippen LogP contribution in [0.2, 0.25) is 0 Å². The Bertz CT molecular complexity index is 3070. The zero-order valence-electron chi connectivity index (χ0n) is 35.8. The number of fused-ring (bicyclic) bond motifs is 6. The molecule has 62 heavy (non-hydrogen) atoms. The van der Waals surface area contributed by atoms with Crippen molar-refractivity contribution in [3.63, 3.8) is 0 Å². The van der Waals surface area contributed by atoms with Crippen LogP contribution in [0.1, 0.15) is 45.6 Å². The summed E-state index contributed by atoms with van der Waals surface area (Å²) in [5.41, 5.74) is 16.5. The average molecular weight is 807 g/mol. The molecule has 1 saturated carbocycles. The van der Waals surface area contributed by atoms with Gasteiger partial charge in [-0.2, -0.15) is 0 Å². The molecule has 1 fully saturated rings. The van der Waals surface area contributed by atoms with Gasteiger partial charge in [-0.3, -0.25) is 0 Å². The van der Waals surface area contributed by atoms with Gasteiger partial charge in [-0.25, -0.2) is 0 Å². The number of nitrogens with zero attached hydrogens (tertiary/aromatic N) is 2. The van der Waals surface area contributed by atoms with Gasteiger partial charge in [-0.15, -0.1) is 0 Å². The number of benzene rings is 5. The molecule has 5 aliphatic carbocycles. The van der Waals surface area contributed by atoms with Crippen LogP contribution in [0, 0.1) is 29.1 Å². The van der Waals surface area contributed by atoms with E-state index >= 15 is 0 Å². The van der Waals surface area contributed by atoms with E-state index in [1.165, 1.54) is 39.1 Å². The Hall–Kier alpha value is -6.78. The van der Waals surface area contributed by atoms with Gasteiger partial charge in [0.25, 0.3) is 0 Å². The Morgan fingerprint density at radius 3 is 2.15 bits per heavy atom. The fourth-order valence-corrected chi connectivity index (χ4v) is 11.5. The van der Waals surface area contributed by atoms with Crippen molar-refractivity contribution < 1.29 is 9.15 Å². The third-order valence-corrected chi connectivity index (χ3v) is 14.3. The summed E-state index contributed by atoms with van der Waals surface area (Å²) < 4.78 is 13.9. The van der Waals surface area contributed by atoms with Crippen molar-refractivity contribution in [2.24, 2.45) is 29.1 Å². The molecule has 6 aromatic rings. The zero-order chi connectivity index (χ0) is 41.9. The van der Waals surface area contributed by atoms with Crippen LogP contribution in [0.5, 0.6) is 5.75 Å². The zero-order valence-corrected chi connectivity index (χ0v) is 35.8. The molecule has 6 aliphatic rings. The number of ether oxygens (including phenoxy) is 1. The molecule has 1 aromatic heterocycles. The Morgan fingerprint density at radius 2 is 1.35 bits per heavy atom. The van der Waals surface area contributed by atoms with Crippen LogP contribution in [0.3, 0.4) is 0 Å². The van der Waals surface area contributed by atoms with Crippen molar-refractivity contribution in [2.75, 3.05) is 9.80 Å². The molecule has 5 aromatic carbocycles. The lowest BCUT2D eigenvalue weighted by atomic mass is 9.52. The molecule has 12 rings (SSSR count). The van der Waals surface area contributed by atoms with Gasteiger partial charge in [0.1, 0.15) is 17.4 Å². The van der Waals surface area contributed by atoms with E-state index < -0.39 is 0 Å². The molecule has 1 aliphatic heterocycles. The normalized spacial score (nSPS) is 24.4. The number of rotatable bonds is 6. The lowest BCUT2D eigenvalue weighted by Gasteiger charge is -2.54. The maximum atomic E-state index is 6.99. The fourth-order valence-electron chi connectivity index (χ4n) is 11.5. The van der Waals surface area contributed by atoms with E-state index in [-0.39, 0.29) is 41.1 Å².